The topological polar surface area (TPSA) is 0 Å². The number of thiol groups is 1. The molecule has 0 nitrogen and oxygen atoms in total. The standard InChI is InChI=1S/C10H8ClF3S/c11-9-5-7(2-1-3-15)4-8(6-9)10(12,13)14/h1-2,4-6,15H,3H2. The van der Waals surface area contributed by atoms with E-state index in [2.05, 4.69) is 12.6 Å². The van der Waals surface area contributed by atoms with Crippen molar-refractivity contribution in [1.82, 2.24) is 0 Å². The van der Waals surface area contributed by atoms with Crippen molar-refractivity contribution in [3.05, 3.63) is 40.4 Å². The fourth-order valence-electron chi connectivity index (χ4n) is 1.06. The number of hydrogen-bond acceptors (Lipinski definition) is 1. The van der Waals surface area contributed by atoms with Crippen molar-refractivity contribution in [2.75, 3.05) is 5.75 Å². The van der Waals surface area contributed by atoms with E-state index < -0.39 is 11.7 Å². The van der Waals surface area contributed by atoms with E-state index in [4.69, 9.17) is 11.6 Å². The summed E-state index contributed by atoms with van der Waals surface area (Å²) >= 11 is 9.50. The van der Waals surface area contributed by atoms with Crippen LogP contribution in [0.15, 0.2) is 24.3 Å². The van der Waals surface area contributed by atoms with Crippen molar-refractivity contribution in [1.29, 1.82) is 0 Å². The molecule has 0 radical (unpaired) electrons. The number of benzene rings is 1. The molecular formula is C10H8ClF3S. The molecule has 0 aliphatic carbocycles. The van der Waals surface area contributed by atoms with Gasteiger partial charge >= 0.3 is 6.18 Å². The maximum absolute atomic E-state index is 12.4. The third-order valence-corrected chi connectivity index (χ3v) is 2.09. The molecule has 0 heterocycles. The first kappa shape index (κ1) is 12.5. The summed E-state index contributed by atoms with van der Waals surface area (Å²) < 4.78 is 37.1. The molecule has 0 bridgehead atoms. The Hall–Kier alpha value is -0.610. The molecule has 15 heavy (non-hydrogen) atoms. The summed E-state index contributed by atoms with van der Waals surface area (Å²) in [6, 6.07) is 3.42. The molecule has 1 aromatic carbocycles. The number of halogens is 4. The molecule has 0 fully saturated rings. The molecule has 82 valence electrons. The predicted octanol–water partition coefficient (Wildman–Crippen LogP) is 4.30. The highest BCUT2D eigenvalue weighted by Crippen LogP contribution is 2.32. The molecule has 0 unspecified atom stereocenters. The Morgan fingerprint density at radius 2 is 1.93 bits per heavy atom. The van der Waals surface area contributed by atoms with Crippen molar-refractivity contribution in [2.24, 2.45) is 0 Å². The normalized spacial score (nSPS) is 12.3. The van der Waals surface area contributed by atoms with E-state index in [1.807, 2.05) is 0 Å². The average molecular weight is 253 g/mol. The summed E-state index contributed by atoms with van der Waals surface area (Å²) in [5, 5.41) is 0.0728. The number of alkyl halides is 3. The maximum atomic E-state index is 12.4. The summed E-state index contributed by atoms with van der Waals surface area (Å²) in [6.07, 6.45) is -1.17. The fourth-order valence-corrected chi connectivity index (χ4v) is 1.41. The molecule has 0 aliphatic rings. The number of rotatable bonds is 2. The first-order valence-corrected chi connectivity index (χ1v) is 5.09. The van der Waals surface area contributed by atoms with Gasteiger partial charge in [-0.3, -0.25) is 0 Å². The third kappa shape index (κ3) is 3.80. The molecule has 0 aromatic heterocycles. The first-order valence-electron chi connectivity index (χ1n) is 4.08. The second kappa shape index (κ2) is 4.94. The van der Waals surface area contributed by atoms with Gasteiger partial charge in [0.05, 0.1) is 5.56 Å². The average Bonchev–Trinajstić information content (AvgIpc) is 2.12. The van der Waals surface area contributed by atoms with Crippen molar-refractivity contribution >= 4 is 30.3 Å². The quantitative estimate of drug-likeness (QED) is 0.746. The smallest absolute Gasteiger partial charge is 0.175 e. The van der Waals surface area contributed by atoms with Crippen LogP contribution < -0.4 is 0 Å². The first-order chi connectivity index (χ1) is 6.93. The van der Waals surface area contributed by atoms with Crippen molar-refractivity contribution < 1.29 is 13.2 Å². The van der Waals surface area contributed by atoms with E-state index in [0.29, 0.717) is 11.3 Å². The Labute approximate surface area is 96.2 Å². The molecule has 1 aromatic rings. The van der Waals surface area contributed by atoms with Crippen LogP contribution in [0.3, 0.4) is 0 Å². The minimum absolute atomic E-state index is 0.0728. The van der Waals surface area contributed by atoms with Crippen LogP contribution in [0.5, 0.6) is 0 Å². The summed E-state index contributed by atoms with van der Waals surface area (Å²) in [7, 11) is 0. The zero-order valence-corrected chi connectivity index (χ0v) is 9.20. The zero-order valence-electron chi connectivity index (χ0n) is 7.55. The lowest BCUT2D eigenvalue weighted by Crippen LogP contribution is -2.04. The third-order valence-electron chi connectivity index (χ3n) is 1.66. The van der Waals surface area contributed by atoms with Crippen LogP contribution in [0.2, 0.25) is 5.02 Å². The molecule has 0 saturated heterocycles. The van der Waals surface area contributed by atoms with Crippen LogP contribution in [-0.4, -0.2) is 5.75 Å². The summed E-state index contributed by atoms with van der Waals surface area (Å²) in [5.41, 5.74) is -0.322. The zero-order chi connectivity index (χ0) is 11.5. The van der Waals surface area contributed by atoms with E-state index in [-0.39, 0.29) is 5.02 Å². The van der Waals surface area contributed by atoms with E-state index in [1.54, 1.807) is 12.2 Å². The molecular weight excluding hydrogens is 245 g/mol. The fraction of sp³-hybridized carbons (Fsp3) is 0.200. The second-order valence-electron chi connectivity index (χ2n) is 2.86. The van der Waals surface area contributed by atoms with Gasteiger partial charge in [0.15, 0.2) is 0 Å². The van der Waals surface area contributed by atoms with Crippen LogP contribution >= 0.6 is 24.2 Å². The monoisotopic (exact) mass is 252 g/mol. The minimum atomic E-state index is -4.37. The van der Waals surface area contributed by atoms with Gasteiger partial charge in [0.1, 0.15) is 0 Å². The Morgan fingerprint density at radius 1 is 1.27 bits per heavy atom. The van der Waals surface area contributed by atoms with Gasteiger partial charge in [-0.1, -0.05) is 23.8 Å². The lowest BCUT2D eigenvalue weighted by Gasteiger charge is -2.07. The lowest BCUT2D eigenvalue weighted by atomic mass is 10.1. The van der Waals surface area contributed by atoms with Crippen LogP contribution in [-0.2, 0) is 6.18 Å². The molecule has 0 spiro atoms. The molecule has 0 aliphatic heterocycles. The van der Waals surface area contributed by atoms with Gasteiger partial charge in [-0.15, -0.1) is 0 Å². The number of hydrogen-bond donors (Lipinski definition) is 1. The van der Waals surface area contributed by atoms with Gasteiger partial charge in [-0.25, -0.2) is 0 Å². The molecule has 0 atom stereocenters. The summed E-state index contributed by atoms with van der Waals surface area (Å²) in [4.78, 5) is 0. The van der Waals surface area contributed by atoms with Crippen molar-refractivity contribution in [2.45, 2.75) is 6.18 Å². The van der Waals surface area contributed by atoms with Crippen molar-refractivity contribution in [3.8, 4) is 0 Å². The highest BCUT2D eigenvalue weighted by Gasteiger charge is 2.30. The van der Waals surface area contributed by atoms with Gasteiger partial charge < -0.3 is 0 Å². The SMILES string of the molecule is FC(F)(F)c1cc(Cl)cc(C=CCS)c1. The summed E-state index contributed by atoms with van der Waals surface area (Å²) in [5.74, 6) is 0.466. The van der Waals surface area contributed by atoms with Crippen molar-refractivity contribution in [3.63, 3.8) is 0 Å². The molecule has 5 heteroatoms. The lowest BCUT2D eigenvalue weighted by molar-refractivity contribution is -0.137. The molecule has 0 N–H and O–H groups in total. The van der Waals surface area contributed by atoms with Crippen LogP contribution in [0.1, 0.15) is 11.1 Å². The van der Waals surface area contributed by atoms with E-state index in [0.717, 1.165) is 12.1 Å². The highest BCUT2D eigenvalue weighted by atomic mass is 35.5. The predicted molar refractivity (Wildman–Crippen MR) is 59.3 cm³/mol. The maximum Gasteiger partial charge on any atom is 0.416 e. The van der Waals surface area contributed by atoms with Gasteiger partial charge in [0.2, 0.25) is 0 Å². The van der Waals surface area contributed by atoms with Crippen LogP contribution in [0.4, 0.5) is 13.2 Å². The van der Waals surface area contributed by atoms with Gasteiger partial charge in [0, 0.05) is 10.8 Å². The Morgan fingerprint density at radius 3 is 2.47 bits per heavy atom. The minimum Gasteiger partial charge on any atom is -0.175 e. The Bertz CT molecular complexity index is 371. The molecule has 0 amide bonds. The Kier molecular flexibility index (Phi) is 4.11. The van der Waals surface area contributed by atoms with E-state index in [9.17, 15) is 13.2 Å². The molecule has 1 rings (SSSR count). The largest absolute Gasteiger partial charge is 0.416 e. The van der Waals surface area contributed by atoms with Gasteiger partial charge in [-0.2, -0.15) is 25.8 Å². The van der Waals surface area contributed by atoms with E-state index in [1.165, 1.54) is 6.07 Å². The highest BCUT2D eigenvalue weighted by molar-refractivity contribution is 7.80. The Balaban J connectivity index is 3.11. The molecule has 0 saturated carbocycles. The van der Waals surface area contributed by atoms with Gasteiger partial charge in [-0.05, 0) is 23.8 Å². The van der Waals surface area contributed by atoms with Crippen LogP contribution in [0.25, 0.3) is 6.08 Å². The van der Waals surface area contributed by atoms with E-state index >= 15 is 0 Å². The van der Waals surface area contributed by atoms with Crippen LogP contribution in [0, 0.1) is 0 Å². The second-order valence-corrected chi connectivity index (χ2v) is 3.66. The summed E-state index contributed by atoms with van der Waals surface area (Å²) in [6.45, 7) is 0. The van der Waals surface area contributed by atoms with Gasteiger partial charge in [0.25, 0.3) is 0 Å².